The first-order valence-corrected chi connectivity index (χ1v) is 4.52. The highest BCUT2D eigenvalue weighted by molar-refractivity contribution is 5.84. The van der Waals surface area contributed by atoms with E-state index in [9.17, 15) is 0 Å². The molecule has 0 amide bonds. The fourth-order valence-corrected chi connectivity index (χ4v) is 1.87. The van der Waals surface area contributed by atoms with Crippen molar-refractivity contribution in [3.63, 3.8) is 0 Å². The molecule has 0 radical (unpaired) electrons. The second kappa shape index (κ2) is 2.57. The van der Waals surface area contributed by atoms with Gasteiger partial charge in [-0.2, -0.15) is 0 Å². The van der Waals surface area contributed by atoms with Crippen LogP contribution in [0.2, 0.25) is 0 Å². The van der Waals surface area contributed by atoms with Crippen molar-refractivity contribution in [3.8, 4) is 0 Å². The summed E-state index contributed by atoms with van der Waals surface area (Å²) < 4.78 is 5.39. The Kier molecular flexibility index (Phi) is 1.41. The summed E-state index contributed by atoms with van der Waals surface area (Å²) in [7, 11) is 0. The number of rotatable bonds is 0. The van der Waals surface area contributed by atoms with Crippen molar-refractivity contribution in [2.75, 3.05) is 0 Å². The topological polar surface area (TPSA) is 9.23 Å². The lowest BCUT2D eigenvalue weighted by Gasteiger charge is -2.00. The Bertz CT molecular complexity index is 417. The van der Waals surface area contributed by atoms with Crippen molar-refractivity contribution in [2.45, 2.75) is 13.2 Å². The minimum Gasteiger partial charge on any atom is -0.372 e. The van der Waals surface area contributed by atoms with Gasteiger partial charge < -0.3 is 4.74 Å². The van der Waals surface area contributed by atoms with Crippen LogP contribution in [0.5, 0.6) is 0 Å². The van der Waals surface area contributed by atoms with Gasteiger partial charge in [0.1, 0.15) is 0 Å². The minimum atomic E-state index is 0.778. The molecule has 0 saturated heterocycles. The highest BCUT2D eigenvalue weighted by Crippen LogP contribution is 2.25. The van der Waals surface area contributed by atoms with Gasteiger partial charge in [0.15, 0.2) is 0 Å². The average Bonchev–Trinajstić information content (AvgIpc) is 2.61. The molecule has 0 aromatic heterocycles. The van der Waals surface area contributed by atoms with Crippen molar-refractivity contribution < 1.29 is 4.74 Å². The van der Waals surface area contributed by atoms with E-state index >= 15 is 0 Å². The van der Waals surface area contributed by atoms with Gasteiger partial charge in [0.2, 0.25) is 0 Å². The first-order valence-electron chi connectivity index (χ1n) is 4.52. The van der Waals surface area contributed by atoms with Crippen LogP contribution in [0, 0.1) is 0 Å². The van der Waals surface area contributed by atoms with Crippen LogP contribution in [0.4, 0.5) is 0 Å². The average molecular weight is 170 g/mol. The Balaban J connectivity index is 2.36. The molecule has 3 rings (SSSR count). The molecule has 0 N–H and O–H groups in total. The fourth-order valence-electron chi connectivity index (χ4n) is 1.87. The lowest BCUT2D eigenvalue weighted by molar-refractivity contribution is 0.134. The van der Waals surface area contributed by atoms with Gasteiger partial charge >= 0.3 is 0 Å². The third-order valence-corrected chi connectivity index (χ3v) is 2.58. The quantitative estimate of drug-likeness (QED) is 0.590. The Morgan fingerprint density at radius 1 is 0.846 bits per heavy atom. The monoisotopic (exact) mass is 170 g/mol. The summed E-state index contributed by atoms with van der Waals surface area (Å²) in [5, 5.41) is 2.62. The van der Waals surface area contributed by atoms with Gasteiger partial charge in [0.25, 0.3) is 0 Å². The number of ether oxygens (including phenoxy) is 1. The summed E-state index contributed by atoms with van der Waals surface area (Å²) in [6.45, 7) is 1.56. The zero-order chi connectivity index (χ0) is 8.67. The molecule has 1 nitrogen and oxygen atoms in total. The molecule has 0 aliphatic carbocycles. The molecule has 0 atom stereocenters. The van der Waals surface area contributed by atoms with E-state index in [0.29, 0.717) is 0 Å². The van der Waals surface area contributed by atoms with Crippen molar-refractivity contribution in [1.29, 1.82) is 0 Å². The van der Waals surface area contributed by atoms with E-state index < -0.39 is 0 Å². The molecular weight excluding hydrogens is 160 g/mol. The lowest BCUT2D eigenvalue weighted by atomic mass is 10.0. The second-order valence-corrected chi connectivity index (χ2v) is 3.46. The van der Waals surface area contributed by atoms with Crippen LogP contribution in [0.1, 0.15) is 11.1 Å². The van der Waals surface area contributed by atoms with Gasteiger partial charge in [-0.1, -0.05) is 24.3 Å². The lowest BCUT2D eigenvalue weighted by Crippen LogP contribution is -1.82. The molecule has 64 valence electrons. The molecule has 1 aliphatic heterocycles. The van der Waals surface area contributed by atoms with Crippen molar-refractivity contribution >= 4 is 10.8 Å². The first-order chi connectivity index (χ1) is 6.43. The molecule has 0 spiro atoms. The van der Waals surface area contributed by atoms with Crippen LogP contribution in [0.15, 0.2) is 36.4 Å². The van der Waals surface area contributed by atoms with Gasteiger partial charge in [-0.25, -0.2) is 0 Å². The zero-order valence-corrected chi connectivity index (χ0v) is 7.29. The highest BCUT2D eigenvalue weighted by Gasteiger charge is 2.11. The molecule has 1 heteroatoms. The van der Waals surface area contributed by atoms with E-state index in [1.807, 2.05) is 0 Å². The SMILES string of the molecule is c1ccc2cc3c(cc2c1)COC3. The normalized spacial score (nSPS) is 14.8. The first kappa shape index (κ1) is 7.10. The third-order valence-electron chi connectivity index (χ3n) is 2.58. The van der Waals surface area contributed by atoms with Crippen LogP contribution in [-0.4, -0.2) is 0 Å². The highest BCUT2D eigenvalue weighted by atomic mass is 16.5. The van der Waals surface area contributed by atoms with Gasteiger partial charge in [0, 0.05) is 0 Å². The van der Waals surface area contributed by atoms with E-state index in [4.69, 9.17) is 4.74 Å². The maximum absolute atomic E-state index is 5.39. The van der Waals surface area contributed by atoms with Crippen molar-refractivity contribution in [3.05, 3.63) is 47.5 Å². The summed E-state index contributed by atoms with van der Waals surface area (Å²) in [4.78, 5) is 0. The van der Waals surface area contributed by atoms with Gasteiger partial charge in [0.05, 0.1) is 13.2 Å². The third kappa shape index (κ3) is 1.04. The summed E-state index contributed by atoms with van der Waals surface area (Å²) in [6, 6.07) is 12.9. The van der Waals surface area contributed by atoms with Gasteiger partial charge in [-0.3, -0.25) is 0 Å². The molecule has 1 heterocycles. The van der Waals surface area contributed by atoms with E-state index in [-0.39, 0.29) is 0 Å². The predicted molar refractivity (Wildman–Crippen MR) is 52.4 cm³/mol. The number of benzene rings is 2. The molecule has 1 aliphatic rings. The second-order valence-electron chi connectivity index (χ2n) is 3.46. The fraction of sp³-hybridized carbons (Fsp3) is 0.167. The maximum Gasteiger partial charge on any atom is 0.0725 e. The van der Waals surface area contributed by atoms with E-state index in [2.05, 4.69) is 36.4 Å². The van der Waals surface area contributed by atoms with Crippen LogP contribution >= 0.6 is 0 Å². The summed E-state index contributed by atoms with van der Waals surface area (Å²) in [6.07, 6.45) is 0. The summed E-state index contributed by atoms with van der Waals surface area (Å²) in [5.74, 6) is 0. The van der Waals surface area contributed by atoms with Crippen LogP contribution in [0.25, 0.3) is 10.8 Å². The molecule has 0 bridgehead atoms. The van der Waals surface area contributed by atoms with E-state index in [0.717, 1.165) is 13.2 Å². The Morgan fingerprint density at radius 3 is 1.92 bits per heavy atom. The number of fused-ring (bicyclic) bond motifs is 2. The smallest absolute Gasteiger partial charge is 0.0725 e. The van der Waals surface area contributed by atoms with Crippen molar-refractivity contribution in [2.24, 2.45) is 0 Å². The Labute approximate surface area is 77.0 Å². The number of hydrogen-bond acceptors (Lipinski definition) is 1. The molecular formula is C12H10O. The zero-order valence-electron chi connectivity index (χ0n) is 7.29. The molecule has 2 aromatic carbocycles. The van der Waals surface area contributed by atoms with Crippen molar-refractivity contribution in [1.82, 2.24) is 0 Å². The van der Waals surface area contributed by atoms with Gasteiger partial charge in [-0.15, -0.1) is 0 Å². The molecule has 2 aromatic rings. The largest absolute Gasteiger partial charge is 0.372 e. The molecule has 13 heavy (non-hydrogen) atoms. The van der Waals surface area contributed by atoms with Crippen LogP contribution < -0.4 is 0 Å². The molecule has 0 saturated carbocycles. The van der Waals surface area contributed by atoms with E-state index in [1.165, 1.54) is 21.9 Å². The Hall–Kier alpha value is -1.34. The van der Waals surface area contributed by atoms with Gasteiger partial charge in [-0.05, 0) is 34.0 Å². The van der Waals surface area contributed by atoms with Crippen LogP contribution in [-0.2, 0) is 18.0 Å². The summed E-state index contributed by atoms with van der Waals surface area (Å²) >= 11 is 0. The molecule has 0 unspecified atom stereocenters. The number of hydrogen-bond donors (Lipinski definition) is 0. The van der Waals surface area contributed by atoms with Crippen LogP contribution in [0.3, 0.4) is 0 Å². The summed E-state index contributed by atoms with van der Waals surface area (Å²) in [5.41, 5.74) is 2.69. The standard InChI is InChI=1S/C12H10O/c1-2-4-10-6-12-8-13-7-11(12)5-9(10)3-1/h1-6H,7-8H2. The minimum absolute atomic E-state index is 0.778. The van der Waals surface area contributed by atoms with E-state index in [1.54, 1.807) is 0 Å². The predicted octanol–water partition coefficient (Wildman–Crippen LogP) is 2.87. The molecule has 0 fully saturated rings. The Morgan fingerprint density at radius 2 is 1.38 bits per heavy atom. The maximum atomic E-state index is 5.39.